The van der Waals surface area contributed by atoms with Gasteiger partial charge >= 0.3 is 0 Å². The molecule has 0 unspecified atom stereocenters. The first-order valence-corrected chi connectivity index (χ1v) is 7.79. The molecule has 0 radical (unpaired) electrons. The van der Waals surface area contributed by atoms with Crippen molar-refractivity contribution >= 4 is 0 Å². The van der Waals surface area contributed by atoms with Crippen LogP contribution in [0.15, 0.2) is 60.7 Å². The molecular formula is C19H23NO2. The third-order valence-electron chi connectivity index (χ3n) is 4.23. The SMILES string of the molecule is CO[C@@H]1COC[C@@H]1N(Cc1ccccc1)Cc1ccccc1. The molecule has 1 aliphatic rings. The second-order valence-electron chi connectivity index (χ2n) is 5.76. The van der Waals surface area contributed by atoms with Gasteiger partial charge in [0.25, 0.3) is 0 Å². The maximum Gasteiger partial charge on any atom is 0.0982 e. The number of rotatable bonds is 6. The fourth-order valence-electron chi connectivity index (χ4n) is 3.02. The second kappa shape index (κ2) is 7.54. The second-order valence-corrected chi connectivity index (χ2v) is 5.76. The van der Waals surface area contributed by atoms with Crippen LogP contribution in [0.1, 0.15) is 11.1 Å². The van der Waals surface area contributed by atoms with E-state index in [4.69, 9.17) is 9.47 Å². The van der Waals surface area contributed by atoms with Gasteiger partial charge in [0.2, 0.25) is 0 Å². The maximum absolute atomic E-state index is 5.65. The van der Waals surface area contributed by atoms with Crippen LogP contribution in [0, 0.1) is 0 Å². The zero-order valence-electron chi connectivity index (χ0n) is 13.0. The van der Waals surface area contributed by atoms with Gasteiger partial charge in [0.15, 0.2) is 0 Å². The summed E-state index contributed by atoms with van der Waals surface area (Å²) in [5.41, 5.74) is 2.64. The zero-order valence-corrected chi connectivity index (χ0v) is 13.0. The Hall–Kier alpha value is -1.68. The molecule has 1 heterocycles. The monoisotopic (exact) mass is 297 g/mol. The summed E-state index contributed by atoms with van der Waals surface area (Å²) in [7, 11) is 1.77. The first kappa shape index (κ1) is 15.2. The molecule has 3 nitrogen and oxygen atoms in total. The van der Waals surface area contributed by atoms with Crippen molar-refractivity contribution in [2.24, 2.45) is 0 Å². The quantitative estimate of drug-likeness (QED) is 0.818. The van der Waals surface area contributed by atoms with Crippen molar-refractivity contribution in [1.29, 1.82) is 0 Å². The number of methoxy groups -OCH3 is 1. The van der Waals surface area contributed by atoms with Gasteiger partial charge in [-0.05, 0) is 11.1 Å². The molecule has 3 heteroatoms. The van der Waals surface area contributed by atoms with E-state index in [9.17, 15) is 0 Å². The minimum atomic E-state index is 0.146. The molecule has 0 aromatic heterocycles. The molecule has 1 aliphatic heterocycles. The molecule has 3 rings (SSSR count). The predicted octanol–water partition coefficient (Wildman–Crippen LogP) is 3.10. The Labute approximate surface area is 132 Å². The van der Waals surface area contributed by atoms with Gasteiger partial charge < -0.3 is 9.47 Å². The van der Waals surface area contributed by atoms with Crippen molar-refractivity contribution in [2.45, 2.75) is 25.2 Å². The van der Waals surface area contributed by atoms with Crippen molar-refractivity contribution in [3.8, 4) is 0 Å². The molecule has 0 bridgehead atoms. The summed E-state index contributed by atoms with van der Waals surface area (Å²) in [6.07, 6.45) is 0.146. The minimum Gasteiger partial charge on any atom is -0.377 e. The molecule has 1 saturated heterocycles. The molecule has 2 atom stereocenters. The van der Waals surface area contributed by atoms with E-state index in [2.05, 4.69) is 65.6 Å². The number of ether oxygens (including phenoxy) is 2. The Balaban J connectivity index is 1.78. The van der Waals surface area contributed by atoms with Gasteiger partial charge in [-0.15, -0.1) is 0 Å². The van der Waals surface area contributed by atoms with Gasteiger partial charge in [-0.1, -0.05) is 60.7 Å². The smallest absolute Gasteiger partial charge is 0.0982 e. The molecule has 0 N–H and O–H groups in total. The third kappa shape index (κ3) is 3.74. The lowest BCUT2D eigenvalue weighted by atomic mass is 10.1. The van der Waals surface area contributed by atoms with E-state index in [0.29, 0.717) is 12.6 Å². The topological polar surface area (TPSA) is 21.7 Å². The van der Waals surface area contributed by atoms with Crippen LogP contribution in [-0.2, 0) is 22.6 Å². The summed E-state index contributed by atoms with van der Waals surface area (Å²) >= 11 is 0. The lowest BCUT2D eigenvalue weighted by Gasteiger charge is -2.31. The molecule has 0 aliphatic carbocycles. The Morgan fingerprint density at radius 3 is 1.95 bits per heavy atom. The number of hydrogen-bond donors (Lipinski definition) is 0. The molecular weight excluding hydrogens is 274 g/mol. The van der Waals surface area contributed by atoms with E-state index in [1.165, 1.54) is 11.1 Å². The van der Waals surface area contributed by atoms with Crippen LogP contribution < -0.4 is 0 Å². The molecule has 116 valence electrons. The summed E-state index contributed by atoms with van der Waals surface area (Å²) in [5.74, 6) is 0. The Kier molecular flexibility index (Phi) is 5.22. The third-order valence-corrected chi connectivity index (χ3v) is 4.23. The summed E-state index contributed by atoms with van der Waals surface area (Å²) in [6.45, 7) is 3.23. The van der Waals surface area contributed by atoms with Crippen LogP contribution in [0.5, 0.6) is 0 Å². The van der Waals surface area contributed by atoms with Crippen LogP contribution in [0.4, 0.5) is 0 Å². The summed E-state index contributed by atoms with van der Waals surface area (Å²) < 4.78 is 11.3. The molecule has 22 heavy (non-hydrogen) atoms. The molecule has 0 spiro atoms. The minimum absolute atomic E-state index is 0.146. The highest BCUT2D eigenvalue weighted by Gasteiger charge is 2.33. The fourth-order valence-corrected chi connectivity index (χ4v) is 3.02. The summed E-state index contributed by atoms with van der Waals surface area (Å²) in [6, 6.07) is 21.5. The Morgan fingerprint density at radius 2 is 1.45 bits per heavy atom. The average molecular weight is 297 g/mol. The van der Waals surface area contributed by atoms with E-state index in [-0.39, 0.29) is 6.10 Å². The summed E-state index contributed by atoms with van der Waals surface area (Å²) in [5, 5.41) is 0. The van der Waals surface area contributed by atoms with Gasteiger partial charge in [0.1, 0.15) is 0 Å². The van der Waals surface area contributed by atoms with Crippen molar-refractivity contribution < 1.29 is 9.47 Å². The number of hydrogen-bond acceptors (Lipinski definition) is 3. The average Bonchev–Trinajstić information content (AvgIpc) is 3.05. The van der Waals surface area contributed by atoms with Gasteiger partial charge in [-0.25, -0.2) is 0 Å². The number of benzene rings is 2. The van der Waals surface area contributed by atoms with Crippen LogP contribution in [0.25, 0.3) is 0 Å². The van der Waals surface area contributed by atoms with Crippen LogP contribution in [0.2, 0.25) is 0 Å². The maximum atomic E-state index is 5.65. The molecule has 0 saturated carbocycles. The van der Waals surface area contributed by atoms with E-state index < -0.39 is 0 Å². The fraction of sp³-hybridized carbons (Fsp3) is 0.368. The normalized spacial score (nSPS) is 21.4. The van der Waals surface area contributed by atoms with Crippen LogP contribution in [0.3, 0.4) is 0 Å². The van der Waals surface area contributed by atoms with Gasteiger partial charge in [0.05, 0.1) is 25.4 Å². The Morgan fingerprint density at radius 1 is 0.909 bits per heavy atom. The van der Waals surface area contributed by atoms with E-state index in [1.807, 2.05) is 0 Å². The van der Waals surface area contributed by atoms with Crippen molar-refractivity contribution in [1.82, 2.24) is 4.90 Å². The molecule has 2 aromatic rings. The van der Waals surface area contributed by atoms with Gasteiger partial charge in [-0.2, -0.15) is 0 Å². The highest BCUT2D eigenvalue weighted by molar-refractivity contribution is 5.17. The highest BCUT2D eigenvalue weighted by atomic mass is 16.5. The molecule has 0 amide bonds. The summed E-state index contributed by atoms with van der Waals surface area (Å²) in [4.78, 5) is 2.46. The zero-order chi connectivity index (χ0) is 15.2. The highest BCUT2D eigenvalue weighted by Crippen LogP contribution is 2.21. The molecule has 2 aromatic carbocycles. The van der Waals surface area contributed by atoms with E-state index >= 15 is 0 Å². The lowest BCUT2D eigenvalue weighted by molar-refractivity contribution is 0.0345. The lowest BCUT2D eigenvalue weighted by Crippen LogP contribution is -2.43. The predicted molar refractivity (Wildman–Crippen MR) is 87.5 cm³/mol. The van der Waals surface area contributed by atoms with Gasteiger partial charge in [-0.3, -0.25) is 4.90 Å². The number of nitrogens with zero attached hydrogens (tertiary/aromatic N) is 1. The van der Waals surface area contributed by atoms with Gasteiger partial charge in [0, 0.05) is 20.2 Å². The largest absolute Gasteiger partial charge is 0.377 e. The first-order valence-electron chi connectivity index (χ1n) is 7.79. The van der Waals surface area contributed by atoms with Crippen molar-refractivity contribution in [2.75, 3.05) is 20.3 Å². The van der Waals surface area contributed by atoms with Crippen molar-refractivity contribution in [3.05, 3.63) is 71.8 Å². The standard InChI is InChI=1S/C19H23NO2/c1-21-19-15-22-14-18(19)20(12-16-8-4-2-5-9-16)13-17-10-6-3-7-11-17/h2-11,18-19H,12-15H2,1H3/t18-,19+/m0/s1. The van der Waals surface area contributed by atoms with Crippen LogP contribution >= 0.6 is 0 Å². The molecule has 1 fully saturated rings. The van der Waals surface area contributed by atoms with E-state index in [1.54, 1.807) is 7.11 Å². The first-order chi connectivity index (χ1) is 10.9. The van der Waals surface area contributed by atoms with Crippen molar-refractivity contribution in [3.63, 3.8) is 0 Å². The van der Waals surface area contributed by atoms with E-state index in [0.717, 1.165) is 19.7 Å². The van der Waals surface area contributed by atoms with Crippen LogP contribution in [-0.4, -0.2) is 37.4 Å². The Bertz CT molecular complexity index is 517.